The van der Waals surface area contributed by atoms with E-state index in [2.05, 4.69) is 5.32 Å². The molecule has 7 heteroatoms. The van der Waals surface area contributed by atoms with E-state index in [4.69, 9.17) is 14.2 Å². The smallest absolute Gasteiger partial charge is 0.226 e. The largest absolute Gasteiger partial charge is 0.495 e. The Morgan fingerprint density at radius 3 is 2.22 bits per heavy atom. The number of rotatable bonds is 8. The van der Waals surface area contributed by atoms with E-state index in [-0.39, 0.29) is 24.8 Å². The molecule has 0 saturated heterocycles. The third-order valence-electron chi connectivity index (χ3n) is 4.00. The molecule has 7 nitrogen and oxygen atoms in total. The van der Waals surface area contributed by atoms with Crippen LogP contribution in [0.4, 0.5) is 11.4 Å². The quantitative estimate of drug-likeness (QED) is 0.770. The van der Waals surface area contributed by atoms with Crippen molar-refractivity contribution in [1.29, 1.82) is 0 Å². The van der Waals surface area contributed by atoms with E-state index in [1.54, 1.807) is 44.6 Å². The Morgan fingerprint density at radius 1 is 0.926 bits per heavy atom. The van der Waals surface area contributed by atoms with Crippen molar-refractivity contribution in [3.05, 3.63) is 42.5 Å². The minimum Gasteiger partial charge on any atom is -0.495 e. The molecule has 0 heterocycles. The summed E-state index contributed by atoms with van der Waals surface area (Å²) in [5, 5.41) is 2.80. The van der Waals surface area contributed by atoms with Crippen molar-refractivity contribution in [2.75, 3.05) is 38.1 Å². The number of anilines is 2. The van der Waals surface area contributed by atoms with Crippen molar-refractivity contribution < 1.29 is 23.8 Å². The maximum atomic E-state index is 12.3. The maximum absolute atomic E-state index is 12.3. The number of methoxy groups -OCH3 is 3. The van der Waals surface area contributed by atoms with Gasteiger partial charge in [0.2, 0.25) is 11.8 Å². The average Bonchev–Trinajstić information content (AvgIpc) is 2.68. The van der Waals surface area contributed by atoms with Gasteiger partial charge in [-0.3, -0.25) is 9.59 Å². The van der Waals surface area contributed by atoms with Crippen LogP contribution in [0, 0.1) is 0 Å². The van der Waals surface area contributed by atoms with Gasteiger partial charge in [-0.2, -0.15) is 0 Å². The van der Waals surface area contributed by atoms with Crippen molar-refractivity contribution in [2.24, 2.45) is 0 Å². The van der Waals surface area contributed by atoms with Gasteiger partial charge in [-0.25, -0.2) is 0 Å². The number of carbonyl (C=O) groups is 2. The number of nitrogens with zero attached hydrogens (tertiary/aromatic N) is 1. The van der Waals surface area contributed by atoms with Crippen LogP contribution < -0.4 is 24.4 Å². The summed E-state index contributed by atoms with van der Waals surface area (Å²) >= 11 is 0. The Balaban J connectivity index is 2.08. The summed E-state index contributed by atoms with van der Waals surface area (Å²) in [6.45, 7) is 1.68. The molecule has 0 aliphatic heterocycles. The number of hydrogen-bond acceptors (Lipinski definition) is 5. The highest BCUT2D eigenvalue weighted by molar-refractivity contribution is 5.95. The molecule has 0 aliphatic carbocycles. The van der Waals surface area contributed by atoms with E-state index in [0.29, 0.717) is 28.6 Å². The molecule has 1 N–H and O–H groups in total. The maximum Gasteiger partial charge on any atom is 0.226 e. The minimum absolute atomic E-state index is 0.131. The summed E-state index contributed by atoms with van der Waals surface area (Å²) in [5.74, 6) is 1.27. The lowest BCUT2D eigenvalue weighted by molar-refractivity contribution is -0.117. The molecule has 2 aromatic carbocycles. The number of hydrogen-bond donors (Lipinski definition) is 1. The second-order valence-corrected chi connectivity index (χ2v) is 5.71. The van der Waals surface area contributed by atoms with Crippen LogP contribution in [-0.2, 0) is 9.59 Å². The SMILES string of the molecule is COc1ccccc1NC(=O)CCN(C(C)=O)c1ccc(OC)c(OC)c1. The monoisotopic (exact) mass is 372 g/mol. The van der Waals surface area contributed by atoms with Gasteiger partial charge < -0.3 is 24.4 Å². The molecule has 2 rings (SSSR count). The zero-order valence-electron chi connectivity index (χ0n) is 15.9. The molecule has 144 valence electrons. The van der Waals surface area contributed by atoms with Crippen molar-refractivity contribution in [3.63, 3.8) is 0 Å². The Morgan fingerprint density at radius 2 is 1.59 bits per heavy atom. The van der Waals surface area contributed by atoms with Gasteiger partial charge in [-0.05, 0) is 24.3 Å². The zero-order chi connectivity index (χ0) is 19.8. The minimum atomic E-state index is -0.216. The van der Waals surface area contributed by atoms with Gasteiger partial charge >= 0.3 is 0 Å². The Kier molecular flexibility index (Phi) is 7.05. The molecule has 27 heavy (non-hydrogen) atoms. The van der Waals surface area contributed by atoms with Crippen molar-refractivity contribution in [1.82, 2.24) is 0 Å². The zero-order valence-corrected chi connectivity index (χ0v) is 15.9. The Labute approximate surface area is 158 Å². The summed E-state index contributed by atoms with van der Waals surface area (Å²) < 4.78 is 15.7. The lowest BCUT2D eigenvalue weighted by atomic mass is 10.2. The Hall–Kier alpha value is -3.22. The van der Waals surface area contributed by atoms with E-state index in [1.807, 2.05) is 12.1 Å². The van der Waals surface area contributed by atoms with Crippen LogP contribution in [0.15, 0.2) is 42.5 Å². The first kappa shape index (κ1) is 20.1. The van der Waals surface area contributed by atoms with Crippen molar-refractivity contribution in [2.45, 2.75) is 13.3 Å². The summed E-state index contributed by atoms with van der Waals surface area (Å²) in [4.78, 5) is 25.9. The molecule has 0 bridgehead atoms. The first-order valence-electron chi connectivity index (χ1n) is 8.43. The fraction of sp³-hybridized carbons (Fsp3) is 0.300. The number of ether oxygens (including phenoxy) is 3. The summed E-state index contributed by atoms with van der Waals surface area (Å²) in [6, 6.07) is 12.3. The highest BCUT2D eigenvalue weighted by Gasteiger charge is 2.16. The standard InChI is InChI=1S/C20H24N2O5/c1-14(23)22(15-9-10-18(26-3)19(13-15)27-4)12-11-20(24)21-16-7-5-6-8-17(16)25-2/h5-10,13H,11-12H2,1-4H3,(H,21,24). The molecule has 2 amide bonds. The van der Waals surface area contributed by atoms with Gasteiger partial charge in [0, 0.05) is 31.6 Å². The van der Waals surface area contributed by atoms with Gasteiger partial charge in [-0.1, -0.05) is 12.1 Å². The predicted octanol–water partition coefficient (Wildman–Crippen LogP) is 3.09. The molecule has 0 radical (unpaired) electrons. The van der Waals surface area contributed by atoms with Crippen LogP contribution in [0.3, 0.4) is 0 Å². The average molecular weight is 372 g/mol. The molecular weight excluding hydrogens is 348 g/mol. The van der Waals surface area contributed by atoms with E-state index < -0.39 is 0 Å². The lowest BCUT2D eigenvalue weighted by Gasteiger charge is -2.22. The number of carbonyl (C=O) groups excluding carboxylic acids is 2. The Bertz CT molecular complexity index is 807. The van der Waals surface area contributed by atoms with E-state index >= 15 is 0 Å². The first-order chi connectivity index (χ1) is 13.0. The molecular formula is C20H24N2O5. The van der Waals surface area contributed by atoms with Gasteiger partial charge in [0.05, 0.1) is 27.0 Å². The first-order valence-corrected chi connectivity index (χ1v) is 8.43. The van der Waals surface area contributed by atoms with Gasteiger partial charge in [-0.15, -0.1) is 0 Å². The number of benzene rings is 2. The summed E-state index contributed by atoms with van der Waals surface area (Å²) in [6.07, 6.45) is 0.131. The molecule has 0 fully saturated rings. The molecule has 0 aromatic heterocycles. The predicted molar refractivity (Wildman–Crippen MR) is 104 cm³/mol. The summed E-state index contributed by atoms with van der Waals surface area (Å²) in [7, 11) is 4.61. The molecule has 2 aromatic rings. The number of para-hydroxylation sites is 2. The van der Waals surface area contributed by atoms with Crippen LogP contribution in [0.1, 0.15) is 13.3 Å². The third-order valence-corrected chi connectivity index (χ3v) is 4.00. The van der Waals surface area contributed by atoms with E-state index in [9.17, 15) is 9.59 Å². The molecule has 0 saturated carbocycles. The third kappa shape index (κ3) is 5.13. The topological polar surface area (TPSA) is 77.1 Å². The van der Waals surface area contributed by atoms with Crippen LogP contribution >= 0.6 is 0 Å². The van der Waals surface area contributed by atoms with Crippen LogP contribution in [0.2, 0.25) is 0 Å². The lowest BCUT2D eigenvalue weighted by Crippen LogP contribution is -2.32. The van der Waals surface area contributed by atoms with Crippen LogP contribution in [0.25, 0.3) is 0 Å². The van der Waals surface area contributed by atoms with Crippen molar-refractivity contribution in [3.8, 4) is 17.2 Å². The molecule has 0 spiro atoms. The molecule has 0 unspecified atom stereocenters. The highest BCUT2D eigenvalue weighted by Crippen LogP contribution is 2.31. The van der Waals surface area contributed by atoms with Crippen LogP contribution in [0.5, 0.6) is 17.2 Å². The van der Waals surface area contributed by atoms with Crippen LogP contribution in [-0.4, -0.2) is 39.7 Å². The van der Waals surface area contributed by atoms with E-state index in [0.717, 1.165) is 0 Å². The van der Waals surface area contributed by atoms with Crippen molar-refractivity contribution >= 4 is 23.2 Å². The van der Waals surface area contributed by atoms with Gasteiger partial charge in [0.15, 0.2) is 11.5 Å². The number of amides is 2. The second kappa shape index (κ2) is 9.47. The molecule has 0 aliphatic rings. The summed E-state index contributed by atoms with van der Waals surface area (Å²) in [5.41, 5.74) is 1.22. The second-order valence-electron chi connectivity index (χ2n) is 5.71. The van der Waals surface area contributed by atoms with Gasteiger partial charge in [0.25, 0.3) is 0 Å². The normalized spacial score (nSPS) is 10.1. The fourth-order valence-corrected chi connectivity index (χ4v) is 2.64. The van der Waals surface area contributed by atoms with E-state index in [1.165, 1.54) is 18.9 Å². The molecule has 0 atom stereocenters. The highest BCUT2D eigenvalue weighted by atomic mass is 16.5. The fourth-order valence-electron chi connectivity index (χ4n) is 2.64. The van der Waals surface area contributed by atoms with Gasteiger partial charge in [0.1, 0.15) is 5.75 Å². The number of nitrogens with one attached hydrogen (secondary N) is 1.